The molecular weight excluding hydrogens is 228 g/mol. The summed E-state index contributed by atoms with van der Waals surface area (Å²) in [4.78, 5) is 3.88. The molecule has 1 aromatic rings. The average Bonchev–Trinajstić information content (AvgIpc) is 2.11. The molecule has 1 aromatic heterocycles. The monoisotopic (exact) mass is 236 g/mol. The summed E-state index contributed by atoms with van der Waals surface area (Å²) in [5.74, 6) is -0.0613. The Hall–Kier alpha value is -0.950. The lowest BCUT2D eigenvalue weighted by atomic mass is 10.4. The Morgan fingerprint density at radius 2 is 1.93 bits per heavy atom. The van der Waals surface area contributed by atoms with Gasteiger partial charge in [0.1, 0.15) is 5.21 Å². The quantitative estimate of drug-likeness (QED) is 0.770. The van der Waals surface area contributed by atoms with Crippen LogP contribution < -0.4 is 4.72 Å². The normalized spacial score (nSPS) is 11.4. The van der Waals surface area contributed by atoms with Crippen LogP contribution in [0.2, 0.25) is 0 Å². The number of rotatable bonds is 3. The Morgan fingerprint density at radius 3 is 2.43 bits per heavy atom. The molecule has 1 rings (SSSR count). The molecule has 0 radical (unpaired) electrons. The van der Waals surface area contributed by atoms with Crippen LogP contribution in [0.15, 0.2) is 0 Å². The molecule has 0 atom stereocenters. The predicted molar refractivity (Wildman–Crippen MR) is 52.6 cm³/mol. The number of hydrogen-bond donors (Lipinski definition) is 1. The first-order valence-electron chi connectivity index (χ1n) is 3.69. The number of nitrogens with one attached hydrogen (secondary N) is 1. The first kappa shape index (κ1) is 11.1. The van der Waals surface area contributed by atoms with Crippen LogP contribution in [0.5, 0.6) is 0 Å². The second-order valence-corrected chi connectivity index (χ2v) is 4.94. The highest BCUT2D eigenvalue weighted by atomic mass is 35.5. The van der Waals surface area contributed by atoms with Crippen LogP contribution in [-0.4, -0.2) is 28.8 Å². The molecule has 0 aliphatic rings. The van der Waals surface area contributed by atoms with Gasteiger partial charge in [-0.2, -0.15) is 5.10 Å². The second kappa shape index (κ2) is 4.05. The van der Waals surface area contributed by atoms with Crippen molar-refractivity contribution in [1.29, 1.82) is 0 Å². The number of aryl methyl sites for hydroxylation is 2. The molecule has 0 aliphatic carbocycles. The number of alkyl halides is 1. The molecule has 0 aliphatic heterocycles. The summed E-state index contributed by atoms with van der Waals surface area (Å²) in [5, 5.41) is 6.74. The molecule has 0 unspecified atom stereocenters. The van der Waals surface area contributed by atoms with E-state index in [9.17, 15) is 8.42 Å². The number of nitrogens with zero attached hydrogens (tertiary/aromatic N) is 3. The Kier molecular flexibility index (Phi) is 3.22. The molecule has 0 fully saturated rings. The summed E-state index contributed by atoms with van der Waals surface area (Å²) in [6.45, 7) is 3.44. The van der Waals surface area contributed by atoms with Crippen LogP contribution in [0.1, 0.15) is 11.4 Å². The van der Waals surface area contributed by atoms with Crippen molar-refractivity contribution in [2.75, 3.05) is 9.93 Å². The minimum absolute atomic E-state index is 0.0613. The third kappa shape index (κ3) is 2.78. The van der Waals surface area contributed by atoms with E-state index in [1.807, 2.05) is 0 Å². The van der Waals surface area contributed by atoms with Gasteiger partial charge >= 0.3 is 0 Å². The number of sulfonamides is 1. The van der Waals surface area contributed by atoms with Gasteiger partial charge in [-0.1, -0.05) is 0 Å². The summed E-state index contributed by atoms with van der Waals surface area (Å²) >= 11 is 5.19. The van der Waals surface area contributed by atoms with Crippen molar-refractivity contribution in [3.05, 3.63) is 11.4 Å². The van der Waals surface area contributed by atoms with Gasteiger partial charge in [-0.05, 0) is 13.8 Å². The Bertz CT molecular complexity index is 433. The molecule has 1 N–H and O–H groups in total. The van der Waals surface area contributed by atoms with E-state index in [-0.39, 0.29) is 5.95 Å². The molecule has 78 valence electrons. The van der Waals surface area contributed by atoms with Crippen molar-refractivity contribution < 1.29 is 8.42 Å². The summed E-state index contributed by atoms with van der Waals surface area (Å²) in [6, 6.07) is 0. The van der Waals surface area contributed by atoms with E-state index in [2.05, 4.69) is 19.9 Å². The fourth-order valence-corrected chi connectivity index (χ4v) is 1.25. The summed E-state index contributed by atoms with van der Waals surface area (Å²) in [6.07, 6.45) is 0. The van der Waals surface area contributed by atoms with Gasteiger partial charge in [0.05, 0.1) is 11.4 Å². The van der Waals surface area contributed by atoms with E-state index in [1.54, 1.807) is 13.8 Å². The van der Waals surface area contributed by atoms with Crippen molar-refractivity contribution in [3.8, 4) is 0 Å². The van der Waals surface area contributed by atoms with E-state index in [1.165, 1.54) is 0 Å². The molecule has 6 nitrogen and oxygen atoms in total. The highest BCUT2D eigenvalue weighted by Crippen LogP contribution is 2.04. The fraction of sp³-hybridized carbons (Fsp3) is 0.500. The van der Waals surface area contributed by atoms with Gasteiger partial charge in [-0.25, -0.2) is 18.1 Å². The van der Waals surface area contributed by atoms with Crippen molar-refractivity contribution in [1.82, 2.24) is 15.2 Å². The molecule has 14 heavy (non-hydrogen) atoms. The average molecular weight is 237 g/mol. The van der Waals surface area contributed by atoms with Crippen LogP contribution in [-0.2, 0) is 10.0 Å². The summed E-state index contributed by atoms with van der Waals surface area (Å²) < 4.78 is 24.1. The molecule has 0 aromatic carbocycles. The van der Waals surface area contributed by atoms with E-state index >= 15 is 0 Å². The molecule has 1 heterocycles. The van der Waals surface area contributed by atoms with Crippen molar-refractivity contribution in [3.63, 3.8) is 0 Å². The lowest BCUT2D eigenvalue weighted by Crippen LogP contribution is -2.16. The zero-order chi connectivity index (χ0) is 10.8. The van der Waals surface area contributed by atoms with Gasteiger partial charge in [0.15, 0.2) is 0 Å². The van der Waals surface area contributed by atoms with E-state index < -0.39 is 15.2 Å². The molecular formula is C6H9ClN4O2S. The molecule has 0 saturated heterocycles. The van der Waals surface area contributed by atoms with Crippen molar-refractivity contribution in [2.45, 2.75) is 13.8 Å². The molecule has 0 amide bonds. The van der Waals surface area contributed by atoms with E-state index in [0.717, 1.165) is 0 Å². The van der Waals surface area contributed by atoms with Gasteiger partial charge in [0.2, 0.25) is 10.0 Å². The van der Waals surface area contributed by atoms with E-state index in [0.29, 0.717) is 11.4 Å². The van der Waals surface area contributed by atoms with Crippen molar-refractivity contribution in [2.24, 2.45) is 0 Å². The number of anilines is 1. The lowest BCUT2D eigenvalue weighted by molar-refractivity contribution is 0.605. The highest BCUT2D eigenvalue weighted by Gasteiger charge is 2.10. The molecule has 0 bridgehead atoms. The van der Waals surface area contributed by atoms with Crippen LogP contribution in [0.4, 0.5) is 5.95 Å². The van der Waals surface area contributed by atoms with Gasteiger partial charge in [-0.3, -0.25) is 0 Å². The topological polar surface area (TPSA) is 84.8 Å². The first-order chi connectivity index (χ1) is 6.44. The summed E-state index contributed by atoms with van der Waals surface area (Å²) in [7, 11) is -3.55. The third-order valence-electron chi connectivity index (χ3n) is 1.48. The van der Waals surface area contributed by atoms with Crippen LogP contribution in [0.3, 0.4) is 0 Å². The van der Waals surface area contributed by atoms with Gasteiger partial charge in [-0.15, -0.1) is 16.7 Å². The molecule has 8 heteroatoms. The van der Waals surface area contributed by atoms with Crippen molar-refractivity contribution >= 4 is 27.6 Å². The second-order valence-electron chi connectivity index (χ2n) is 2.63. The number of aromatic nitrogens is 3. The number of halogens is 1. The van der Waals surface area contributed by atoms with Gasteiger partial charge in [0.25, 0.3) is 5.95 Å². The van der Waals surface area contributed by atoms with E-state index in [4.69, 9.17) is 11.6 Å². The standard InChI is InChI=1S/C6H9ClN4O2S/c1-4-5(2)9-10-6(8-4)11-14(12,13)3-7/h3H2,1-2H3,(H,8,10,11). The maximum Gasteiger partial charge on any atom is 0.256 e. The van der Waals surface area contributed by atoms with Gasteiger partial charge in [0, 0.05) is 0 Å². The zero-order valence-electron chi connectivity index (χ0n) is 7.65. The fourth-order valence-electron chi connectivity index (χ4n) is 0.666. The number of hydrogen-bond acceptors (Lipinski definition) is 5. The van der Waals surface area contributed by atoms with Crippen LogP contribution in [0, 0.1) is 13.8 Å². The SMILES string of the molecule is Cc1nnc(NS(=O)(=O)CCl)nc1C. The maximum atomic E-state index is 11.0. The lowest BCUT2D eigenvalue weighted by Gasteiger charge is -2.03. The minimum Gasteiger partial charge on any atom is -0.249 e. The Balaban J connectivity index is 2.94. The molecule has 0 spiro atoms. The maximum absolute atomic E-state index is 11.0. The Morgan fingerprint density at radius 1 is 1.29 bits per heavy atom. The highest BCUT2D eigenvalue weighted by molar-refractivity contribution is 7.93. The zero-order valence-corrected chi connectivity index (χ0v) is 9.22. The summed E-state index contributed by atoms with van der Waals surface area (Å²) in [5.41, 5.74) is 1.27. The molecule has 0 saturated carbocycles. The first-order valence-corrected chi connectivity index (χ1v) is 5.87. The third-order valence-corrected chi connectivity index (χ3v) is 3.13. The smallest absolute Gasteiger partial charge is 0.249 e. The largest absolute Gasteiger partial charge is 0.256 e. The van der Waals surface area contributed by atoms with Crippen LogP contribution >= 0.6 is 11.6 Å². The van der Waals surface area contributed by atoms with Crippen LogP contribution in [0.25, 0.3) is 0 Å². The van der Waals surface area contributed by atoms with Gasteiger partial charge < -0.3 is 0 Å². The Labute approximate surface area is 86.8 Å². The minimum atomic E-state index is -3.55. The predicted octanol–water partition coefficient (Wildman–Crippen LogP) is 0.426.